The molecule has 0 unspecified atom stereocenters. The van der Waals surface area contributed by atoms with Gasteiger partial charge < -0.3 is 5.11 Å². The predicted molar refractivity (Wildman–Crippen MR) is 112 cm³/mol. The van der Waals surface area contributed by atoms with E-state index in [0.717, 1.165) is 12.0 Å². The lowest BCUT2D eigenvalue weighted by Crippen LogP contribution is -2.43. The van der Waals surface area contributed by atoms with Gasteiger partial charge in [-0.2, -0.15) is 5.10 Å². The second-order valence-corrected chi connectivity index (χ2v) is 6.63. The molecule has 0 aromatic heterocycles. The minimum atomic E-state index is -1.83. The average Bonchev–Trinajstić information content (AvgIpc) is 2.77. The molecular formula is C24H24N2O2. The van der Waals surface area contributed by atoms with Gasteiger partial charge in [-0.05, 0) is 35.6 Å². The summed E-state index contributed by atoms with van der Waals surface area (Å²) >= 11 is 0. The van der Waals surface area contributed by atoms with Crippen molar-refractivity contribution in [2.75, 3.05) is 0 Å². The van der Waals surface area contributed by atoms with E-state index in [2.05, 4.69) is 17.5 Å². The van der Waals surface area contributed by atoms with Crippen molar-refractivity contribution in [3.63, 3.8) is 0 Å². The molecule has 0 radical (unpaired) electrons. The van der Waals surface area contributed by atoms with Gasteiger partial charge in [0.25, 0.3) is 5.91 Å². The first-order valence-electron chi connectivity index (χ1n) is 9.33. The van der Waals surface area contributed by atoms with Crippen molar-refractivity contribution in [1.29, 1.82) is 0 Å². The zero-order valence-corrected chi connectivity index (χ0v) is 16.1. The topological polar surface area (TPSA) is 61.7 Å². The number of rotatable bonds is 6. The second kappa shape index (κ2) is 8.63. The van der Waals surface area contributed by atoms with E-state index in [1.807, 2.05) is 43.3 Å². The minimum Gasteiger partial charge on any atom is -0.372 e. The van der Waals surface area contributed by atoms with Crippen LogP contribution in [0.2, 0.25) is 0 Å². The summed E-state index contributed by atoms with van der Waals surface area (Å²) in [6, 6.07) is 25.8. The van der Waals surface area contributed by atoms with Crippen molar-refractivity contribution in [3.05, 3.63) is 107 Å². The molecule has 0 bridgehead atoms. The largest absolute Gasteiger partial charge is 0.372 e. The Bertz CT molecular complexity index is 909. The Kier molecular flexibility index (Phi) is 6.02. The molecule has 0 saturated heterocycles. The number of benzene rings is 3. The van der Waals surface area contributed by atoms with Crippen molar-refractivity contribution in [2.24, 2.45) is 5.10 Å². The van der Waals surface area contributed by atoms with Gasteiger partial charge in [0.05, 0.1) is 5.71 Å². The first kappa shape index (κ1) is 19.5. The average molecular weight is 372 g/mol. The molecule has 0 aliphatic rings. The highest BCUT2D eigenvalue weighted by Gasteiger charge is 2.39. The Morgan fingerprint density at radius 3 is 1.86 bits per heavy atom. The molecule has 3 aromatic rings. The summed E-state index contributed by atoms with van der Waals surface area (Å²) in [4.78, 5) is 13.0. The minimum absolute atomic E-state index is 0.485. The fourth-order valence-electron chi connectivity index (χ4n) is 3.05. The van der Waals surface area contributed by atoms with E-state index < -0.39 is 11.5 Å². The number of hydrogen-bond acceptors (Lipinski definition) is 3. The van der Waals surface area contributed by atoms with Crippen LogP contribution in [0.3, 0.4) is 0 Å². The number of nitrogens with one attached hydrogen (secondary N) is 1. The van der Waals surface area contributed by atoms with Gasteiger partial charge in [-0.1, -0.05) is 91.9 Å². The van der Waals surface area contributed by atoms with Gasteiger partial charge in [0.2, 0.25) is 0 Å². The Morgan fingerprint density at radius 1 is 0.893 bits per heavy atom. The standard InChI is InChI=1S/C24H24N2O2/c1-3-19-14-16-20(17-15-19)18(2)25-26-23(27)24(28,21-10-6-4-7-11-21)22-12-8-5-9-13-22/h4-17,28H,3H2,1-2H3,(H,26,27)/b25-18+. The summed E-state index contributed by atoms with van der Waals surface area (Å²) in [5, 5.41) is 15.6. The fourth-order valence-corrected chi connectivity index (χ4v) is 3.05. The number of amides is 1. The molecule has 3 rings (SSSR count). The Balaban J connectivity index is 1.90. The van der Waals surface area contributed by atoms with Gasteiger partial charge in [0.15, 0.2) is 5.60 Å². The molecule has 1 amide bonds. The molecule has 4 nitrogen and oxygen atoms in total. The zero-order valence-electron chi connectivity index (χ0n) is 16.1. The molecule has 28 heavy (non-hydrogen) atoms. The van der Waals surface area contributed by atoms with Gasteiger partial charge in [0, 0.05) is 0 Å². The molecule has 0 spiro atoms. The summed E-state index contributed by atoms with van der Waals surface area (Å²) in [6.07, 6.45) is 0.967. The fraction of sp³-hybridized carbons (Fsp3) is 0.167. The van der Waals surface area contributed by atoms with Crippen molar-refractivity contribution in [1.82, 2.24) is 5.43 Å². The Hall–Kier alpha value is -3.24. The number of hydrogen-bond donors (Lipinski definition) is 2. The first-order valence-corrected chi connectivity index (χ1v) is 9.33. The van der Waals surface area contributed by atoms with Crippen molar-refractivity contribution in [3.8, 4) is 0 Å². The molecular weight excluding hydrogens is 348 g/mol. The van der Waals surface area contributed by atoms with Crippen LogP contribution in [0, 0.1) is 0 Å². The summed E-state index contributed by atoms with van der Waals surface area (Å²) < 4.78 is 0. The molecule has 142 valence electrons. The van der Waals surface area contributed by atoms with Crippen molar-refractivity contribution >= 4 is 11.6 Å². The highest BCUT2D eigenvalue weighted by molar-refractivity contribution is 6.00. The van der Waals surface area contributed by atoms with Crippen molar-refractivity contribution < 1.29 is 9.90 Å². The summed E-state index contributed by atoms with van der Waals surface area (Å²) in [5.74, 6) is -0.602. The molecule has 0 heterocycles. The Labute approximate surface area is 165 Å². The van der Waals surface area contributed by atoms with E-state index in [1.165, 1.54) is 5.56 Å². The van der Waals surface area contributed by atoms with Crippen LogP contribution in [0.4, 0.5) is 0 Å². The van der Waals surface area contributed by atoms with Gasteiger partial charge >= 0.3 is 0 Å². The number of carbonyl (C=O) groups is 1. The van der Waals surface area contributed by atoms with E-state index in [1.54, 1.807) is 48.5 Å². The maximum Gasteiger partial charge on any atom is 0.281 e. The SMILES string of the molecule is CCc1ccc(/C(C)=N/NC(=O)C(O)(c2ccccc2)c2ccccc2)cc1. The second-order valence-electron chi connectivity index (χ2n) is 6.63. The smallest absolute Gasteiger partial charge is 0.281 e. The van der Waals surface area contributed by atoms with Crippen LogP contribution in [-0.2, 0) is 16.8 Å². The molecule has 3 aromatic carbocycles. The third-order valence-electron chi connectivity index (χ3n) is 4.82. The summed E-state index contributed by atoms with van der Waals surface area (Å²) in [7, 11) is 0. The van der Waals surface area contributed by atoms with Crippen LogP contribution in [0.15, 0.2) is 90.0 Å². The monoisotopic (exact) mass is 372 g/mol. The van der Waals surface area contributed by atoms with Gasteiger partial charge in [-0.15, -0.1) is 0 Å². The van der Waals surface area contributed by atoms with Crippen LogP contribution < -0.4 is 5.43 Å². The van der Waals surface area contributed by atoms with Gasteiger partial charge in [-0.25, -0.2) is 5.43 Å². The quantitative estimate of drug-likeness (QED) is 0.507. The molecule has 2 N–H and O–H groups in total. The van der Waals surface area contributed by atoms with Gasteiger partial charge in [-0.3, -0.25) is 4.79 Å². The lowest BCUT2D eigenvalue weighted by atomic mass is 9.85. The number of nitrogens with zero attached hydrogens (tertiary/aromatic N) is 1. The van der Waals surface area contributed by atoms with E-state index >= 15 is 0 Å². The van der Waals surface area contributed by atoms with Crippen LogP contribution in [0.25, 0.3) is 0 Å². The maximum absolute atomic E-state index is 13.0. The Morgan fingerprint density at radius 2 is 1.39 bits per heavy atom. The number of hydrazone groups is 1. The number of aryl methyl sites for hydroxylation is 1. The van der Waals surface area contributed by atoms with Crippen molar-refractivity contribution in [2.45, 2.75) is 25.9 Å². The molecule has 0 aliphatic carbocycles. The molecule has 0 saturated carbocycles. The zero-order chi connectivity index (χ0) is 20.0. The number of carbonyl (C=O) groups excluding carboxylic acids is 1. The molecule has 0 fully saturated rings. The summed E-state index contributed by atoms with van der Waals surface area (Å²) in [6.45, 7) is 3.93. The van der Waals surface area contributed by atoms with Crippen LogP contribution >= 0.6 is 0 Å². The lowest BCUT2D eigenvalue weighted by molar-refractivity contribution is -0.136. The van der Waals surface area contributed by atoms with Crippen LogP contribution in [0.5, 0.6) is 0 Å². The van der Waals surface area contributed by atoms with E-state index in [-0.39, 0.29) is 0 Å². The van der Waals surface area contributed by atoms with E-state index in [4.69, 9.17) is 0 Å². The highest BCUT2D eigenvalue weighted by Crippen LogP contribution is 2.29. The molecule has 0 aliphatic heterocycles. The predicted octanol–water partition coefficient (Wildman–Crippen LogP) is 4.03. The van der Waals surface area contributed by atoms with E-state index in [9.17, 15) is 9.90 Å². The normalized spacial score (nSPS) is 11.9. The molecule has 0 atom stereocenters. The van der Waals surface area contributed by atoms with E-state index in [0.29, 0.717) is 16.8 Å². The molecule has 4 heteroatoms. The third-order valence-corrected chi connectivity index (χ3v) is 4.82. The highest BCUT2D eigenvalue weighted by atomic mass is 16.3. The first-order chi connectivity index (χ1) is 13.6. The van der Waals surface area contributed by atoms with Crippen LogP contribution in [-0.4, -0.2) is 16.7 Å². The van der Waals surface area contributed by atoms with Gasteiger partial charge in [0.1, 0.15) is 0 Å². The lowest BCUT2D eigenvalue weighted by Gasteiger charge is -2.27. The summed E-state index contributed by atoms with van der Waals surface area (Å²) in [5.41, 5.74) is 4.50. The number of aliphatic hydroxyl groups is 1. The van der Waals surface area contributed by atoms with Crippen LogP contribution in [0.1, 0.15) is 36.1 Å². The maximum atomic E-state index is 13.0. The third kappa shape index (κ3) is 4.02.